The minimum absolute atomic E-state index is 0.00710. The second kappa shape index (κ2) is 6.90. The number of phenolic OH excluding ortho intramolecular Hbond substituents is 1. The minimum Gasteiger partial charge on any atom is -0.504 e. The highest BCUT2D eigenvalue weighted by atomic mass is 16.5. The lowest BCUT2D eigenvalue weighted by atomic mass is 10.1. The molecule has 0 saturated carbocycles. The molecule has 26 heavy (non-hydrogen) atoms. The summed E-state index contributed by atoms with van der Waals surface area (Å²) in [5.74, 6) is 0.389. The lowest BCUT2D eigenvalue weighted by molar-refractivity contribution is -0.127. The highest BCUT2D eigenvalue weighted by molar-refractivity contribution is 6.03. The van der Waals surface area contributed by atoms with Crippen molar-refractivity contribution in [2.24, 2.45) is 10.1 Å². The third kappa shape index (κ3) is 3.01. The number of aromatic hydroxyl groups is 1. The van der Waals surface area contributed by atoms with E-state index in [4.69, 9.17) is 4.74 Å². The molecular weight excluding hydrogens is 340 g/mol. The van der Waals surface area contributed by atoms with Crippen molar-refractivity contribution in [1.29, 1.82) is 0 Å². The molecule has 0 aromatic heterocycles. The molecule has 1 aromatic carbocycles. The van der Waals surface area contributed by atoms with E-state index in [0.717, 1.165) is 0 Å². The van der Waals surface area contributed by atoms with E-state index >= 15 is 0 Å². The number of carbonyl (C=O) groups is 2. The summed E-state index contributed by atoms with van der Waals surface area (Å²) in [5.41, 5.74) is 3.46. The first-order chi connectivity index (χ1) is 12.5. The number of urea groups is 1. The van der Waals surface area contributed by atoms with E-state index in [0.29, 0.717) is 23.8 Å². The van der Waals surface area contributed by atoms with Gasteiger partial charge in [0.1, 0.15) is 0 Å². The maximum atomic E-state index is 12.2. The summed E-state index contributed by atoms with van der Waals surface area (Å²) in [6.07, 6.45) is 0.908. The maximum Gasteiger partial charge on any atom is 0.325 e. The number of hydrogen-bond donors (Lipinski definition) is 3. The largest absolute Gasteiger partial charge is 0.504 e. The molecular formula is C16H20N6O4. The van der Waals surface area contributed by atoms with Gasteiger partial charge in [0.15, 0.2) is 23.7 Å². The molecule has 2 atom stereocenters. The number of ether oxygens (including phenoxy) is 1. The predicted octanol–water partition coefficient (Wildman–Crippen LogP) is -0.108. The van der Waals surface area contributed by atoms with Crippen molar-refractivity contribution in [3.05, 3.63) is 23.8 Å². The molecule has 0 bridgehead atoms. The number of benzene rings is 1. The number of imide groups is 1. The summed E-state index contributed by atoms with van der Waals surface area (Å²) in [4.78, 5) is 31.5. The number of phenols is 1. The minimum atomic E-state index is -0.598. The van der Waals surface area contributed by atoms with Crippen LogP contribution in [-0.2, 0) is 4.79 Å². The van der Waals surface area contributed by atoms with E-state index in [1.165, 1.54) is 24.3 Å². The first kappa shape index (κ1) is 17.5. The maximum absolute atomic E-state index is 12.2. The number of amides is 3. The molecule has 2 heterocycles. The molecule has 1 saturated heterocycles. The van der Waals surface area contributed by atoms with Crippen LogP contribution in [0.25, 0.3) is 0 Å². The lowest BCUT2D eigenvalue weighted by Gasteiger charge is -2.35. The molecule has 1 aromatic rings. The number of aliphatic imine (C=N–C) groups is 1. The topological polar surface area (TPSA) is 119 Å². The summed E-state index contributed by atoms with van der Waals surface area (Å²) >= 11 is 0. The van der Waals surface area contributed by atoms with Crippen molar-refractivity contribution >= 4 is 24.1 Å². The molecule has 3 amide bonds. The van der Waals surface area contributed by atoms with Gasteiger partial charge in [-0.1, -0.05) is 0 Å². The standard InChI is InChI=1S/C16H20N6O4/c1-4-22-12-13(21(2)16(25)19-14(12)24)18-15(22)20-17-8-9-5-6-11(26-3)10(23)7-9/h5-8,12-13,23H,4H2,1-3H3,(H,18,20)(H,19,24,25)/b17-8-. The van der Waals surface area contributed by atoms with Crippen LogP contribution in [-0.4, -0.2) is 71.9 Å². The molecule has 1 fully saturated rings. The SMILES string of the molecule is CCN1C(N/N=C\c2ccc(OC)c(O)c2)=NC2C1C(=O)NC(=O)N2C. The second-order valence-electron chi connectivity index (χ2n) is 5.80. The molecule has 2 unspecified atom stereocenters. The van der Waals surface area contributed by atoms with Gasteiger partial charge in [-0.15, -0.1) is 0 Å². The van der Waals surface area contributed by atoms with Crippen LogP contribution in [0.5, 0.6) is 11.5 Å². The highest BCUT2D eigenvalue weighted by Crippen LogP contribution is 2.25. The molecule has 0 radical (unpaired) electrons. The van der Waals surface area contributed by atoms with Crippen LogP contribution in [0.2, 0.25) is 0 Å². The first-order valence-corrected chi connectivity index (χ1v) is 8.04. The van der Waals surface area contributed by atoms with E-state index in [1.807, 2.05) is 6.92 Å². The number of fused-ring (bicyclic) bond motifs is 1. The van der Waals surface area contributed by atoms with Gasteiger partial charge in [0.25, 0.3) is 5.91 Å². The molecule has 3 N–H and O–H groups in total. The quantitative estimate of drug-likeness (QED) is 0.509. The number of nitrogens with one attached hydrogen (secondary N) is 2. The third-order valence-electron chi connectivity index (χ3n) is 4.28. The van der Waals surface area contributed by atoms with Crippen LogP contribution in [0.4, 0.5) is 4.79 Å². The Balaban J connectivity index is 1.75. The Hall–Kier alpha value is -3.30. The fourth-order valence-electron chi connectivity index (χ4n) is 2.92. The molecule has 2 aliphatic heterocycles. The predicted molar refractivity (Wildman–Crippen MR) is 94.1 cm³/mol. The van der Waals surface area contributed by atoms with Crippen molar-refractivity contribution in [1.82, 2.24) is 20.5 Å². The summed E-state index contributed by atoms with van der Waals surface area (Å²) in [6, 6.07) is 3.80. The van der Waals surface area contributed by atoms with Gasteiger partial charge in [-0.3, -0.25) is 10.1 Å². The normalized spacial score (nSPS) is 22.3. The highest BCUT2D eigenvalue weighted by Gasteiger charge is 2.48. The Labute approximate surface area is 150 Å². The third-order valence-corrected chi connectivity index (χ3v) is 4.28. The van der Waals surface area contributed by atoms with Gasteiger partial charge in [-0.25, -0.2) is 15.2 Å². The molecule has 3 rings (SSSR count). The zero-order valence-electron chi connectivity index (χ0n) is 14.6. The van der Waals surface area contributed by atoms with Crippen LogP contribution in [0, 0.1) is 0 Å². The Bertz CT molecular complexity index is 793. The van der Waals surface area contributed by atoms with E-state index in [-0.39, 0.29) is 11.7 Å². The van der Waals surface area contributed by atoms with Gasteiger partial charge in [-0.05, 0) is 30.7 Å². The van der Waals surface area contributed by atoms with Crippen molar-refractivity contribution in [2.75, 3.05) is 20.7 Å². The monoisotopic (exact) mass is 360 g/mol. The van der Waals surface area contributed by atoms with Gasteiger partial charge >= 0.3 is 6.03 Å². The fourth-order valence-corrected chi connectivity index (χ4v) is 2.92. The number of methoxy groups -OCH3 is 1. The van der Waals surface area contributed by atoms with E-state index in [9.17, 15) is 14.7 Å². The van der Waals surface area contributed by atoms with Crippen molar-refractivity contribution in [3.8, 4) is 11.5 Å². The van der Waals surface area contributed by atoms with Crippen molar-refractivity contribution in [3.63, 3.8) is 0 Å². The second-order valence-corrected chi connectivity index (χ2v) is 5.80. The van der Waals surface area contributed by atoms with Gasteiger partial charge in [-0.2, -0.15) is 5.10 Å². The van der Waals surface area contributed by atoms with Gasteiger partial charge in [0.05, 0.1) is 13.3 Å². The van der Waals surface area contributed by atoms with Crippen LogP contribution in [0.3, 0.4) is 0 Å². The molecule has 0 spiro atoms. The number of carbonyl (C=O) groups excluding carboxylic acids is 2. The van der Waals surface area contributed by atoms with E-state index < -0.39 is 18.2 Å². The Morgan fingerprint density at radius 2 is 2.23 bits per heavy atom. The van der Waals surface area contributed by atoms with E-state index in [1.54, 1.807) is 24.1 Å². The Morgan fingerprint density at radius 3 is 2.88 bits per heavy atom. The molecule has 138 valence electrons. The number of hydrazone groups is 1. The summed E-state index contributed by atoms with van der Waals surface area (Å²) in [5, 5.41) is 16.2. The van der Waals surface area contributed by atoms with Crippen LogP contribution in [0.15, 0.2) is 28.3 Å². The van der Waals surface area contributed by atoms with Crippen molar-refractivity contribution in [2.45, 2.75) is 19.1 Å². The number of rotatable bonds is 4. The number of nitrogens with zero attached hydrogens (tertiary/aromatic N) is 4. The molecule has 2 aliphatic rings. The summed E-state index contributed by atoms with van der Waals surface area (Å²) in [6.45, 7) is 2.40. The lowest BCUT2D eigenvalue weighted by Crippen LogP contribution is -2.64. The summed E-state index contributed by atoms with van der Waals surface area (Å²) < 4.78 is 4.99. The average Bonchev–Trinajstić information content (AvgIpc) is 2.99. The zero-order chi connectivity index (χ0) is 18.8. The average molecular weight is 360 g/mol. The Morgan fingerprint density at radius 1 is 1.46 bits per heavy atom. The van der Waals surface area contributed by atoms with Crippen LogP contribution < -0.4 is 15.5 Å². The molecule has 0 aliphatic carbocycles. The van der Waals surface area contributed by atoms with Crippen molar-refractivity contribution < 1.29 is 19.4 Å². The Kier molecular flexibility index (Phi) is 4.65. The smallest absolute Gasteiger partial charge is 0.325 e. The van der Waals surface area contributed by atoms with Gasteiger partial charge in [0.2, 0.25) is 5.96 Å². The van der Waals surface area contributed by atoms with Crippen LogP contribution >= 0.6 is 0 Å². The van der Waals surface area contributed by atoms with E-state index in [2.05, 4.69) is 20.8 Å². The van der Waals surface area contributed by atoms with Crippen LogP contribution in [0.1, 0.15) is 12.5 Å². The number of likely N-dealkylation sites (N-methyl/N-ethyl adjacent to an activating group) is 2. The fraction of sp³-hybridized carbons (Fsp3) is 0.375. The molecule has 10 heteroatoms. The number of hydrogen-bond acceptors (Lipinski definition) is 8. The first-order valence-electron chi connectivity index (χ1n) is 8.04. The zero-order valence-corrected chi connectivity index (χ0v) is 14.6. The molecule has 10 nitrogen and oxygen atoms in total. The van der Waals surface area contributed by atoms with Gasteiger partial charge in [0, 0.05) is 13.6 Å². The van der Waals surface area contributed by atoms with Gasteiger partial charge < -0.3 is 19.6 Å². The number of guanidine groups is 1. The summed E-state index contributed by atoms with van der Waals surface area (Å²) in [7, 11) is 3.06.